The van der Waals surface area contributed by atoms with Gasteiger partial charge in [0.1, 0.15) is 11.6 Å². The maximum absolute atomic E-state index is 11.7. The van der Waals surface area contributed by atoms with Crippen LogP contribution in [0.15, 0.2) is 41.3 Å². The molecule has 0 aliphatic carbocycles. The molecule has 0 amide bonds. The van der Waals surface area contributed by atoms with Crippen LogP contribution in [0.25, 0.3) is 11.1 Å². The van der Waals surface area contributed by atoms with Gasteiger partial charge in [-0.15, -0.1) is 0 Å². The van der Waals surface area contributed by atoms with Crippen LogP contribution in [0.1, 0.15) is 30.9 Å². The standard InChI is InChI=1S/C15H14N2O/c1-10(2)13-9-17-15(18)12(8-16)14(13)11-6-4-3-5-7-11/h3-7,9-10H,1-2H3,(H,17,18). The fourth-order valence-electron chi connectivity index (χ4n) is 2.02. The Bertz CT molecular complexity index is 648. The van der Waals surface area contributed by atoms with Crippen LogP contribution < -0.4 is 5.56 Å². The first kappa shape index (κ1) is 12.1. The van der Waals surface area contributed by atoms with Crippen molar-refractivity contribution in [3.8, 4) is 17.2 Å². The molecule has 0 spiro atoms. The first-order valence-corrected chi connectivity index (χ1v) is 5.86. The molecule has 1 aromatic carbocycles. The Balaban J connectivity index is 2.82. The van der Waals surface area contributed by atoms with Crippen molar-refractivity contribution in [2.24, 2.45) is 0 Å². The molecule has 0 atom stereocenters. The van der Waals surface area contributed by atoms with Gasteiger partial charge in [0.25, 0.3) is 5.56 Å². The molecule has 0 saturated carbocycles. The van der Waals surface area contributed by atoms with E-state index in [1.54, 1.807) is 6.20 Å². The predicted molar refractivity (Wildman–Crippen MR) is 71.3 cm³/mol. The normalized spacial score (nSPS) is 10.3. The van der Waals surface area contributed by atoms with Gasteiger partial charge >= 0.3 is 0 Å². The van der Waals surface area contributed by atoms with Crippen LogP contribution in [0.3, 0.4) is 0 Å². The molecule has 2 aromatic rings. The Morgan fingerprint density at radius 3 is 2.44 bits per heavy atom. The Morgan fingerprint density at radius 1 is 1.22 bits per heavy atom. The second kappa shape index (κ2) is 4.89. The van der Waals surface area contributed by atoms with Gasteiger partial charge in [0.2, 0.25) is 0 Å². The van der Waals surface area contributed by atoms with Crippen molar-refractivity contribution >= 4 is 0 Å². The lowest BCUT2D eigenvalue weighted by atomic mass is 9.91. The Hall–Kier alpha value is -2.34. The minimum absolute atomic E-state index is 0.187. The Kier molecular flexibility index (Phi) is 3.29. The quantitative estimate of drug-likeness (QED) is 0.874. The zero-order chi connectivity index (χ0) is 13.1. The molecule has 1 aromatic heterocycles. The first-order chi connectivity index (χ1) is 8.65. The van der Waals surface area contributed by atoms with Gasteiger partial charge in [-0.3, -0.25) is 4.79 Å². The zero-order valence-electron chi connectivity index (χ0n) is 10.4. The molecule has 3 heteroatoms. The van der Waals surface area contributed by atoms with Crippen LogP contribution in [0, 0.1) is 11.3 Å². The molecule has 0 bridgehead atoms. The molecule has 1 N–H and O–H groups in total. The molecule has 0 aliphatic rings. The number of hydrogen-bond donors (Lipinski definition) is 1. The highest BCUT2D eigenvalue weighted by Crippen LogP contribution is 2.29. The monoisotopic (exact) mass is 238 g/mol. The first-order valence-electron chi connectivity index (χ1n) is 5.86. The zero-order valence-corrected chi connectivity index (χ0v) is 10.4. The molecule has 0 saturated heterocycles. The summed E-state index contributed by atoms with van der Waals surface area (Å²) in [5.74, 6) is 0.240. The molecule has 90 valence electrons. The van der Waals surface area contributed by atoms with Gasteiger partial charge in [0.15, 0.2) is 0 Å². The maximum Gasteiger partial charge on any atom is 0.266 e. The number of nitrogens with one attached hydrogen (secondary N) is 1. The summed E-state index contributed by atoms with van der Waals surface area (Å²) in [6, 6.07) is 11.6. The number of H-pyrrole nitrogens is 1. The van der Waals surface area contributed by atoms with Crippen molar-refractivity contribution in [2.45, 2.75) is 19.8 Å². The lowest BCUT2D eigenvalue weighted by molar-refractivity contribution is 0.857. The summed E-state index contributed by atoms with van der Waals surface area (Å²) in [4.78, 5) is 14.4. The van der Waals surface area contributed by atoms with Gasteiger partial charge in [0, 0.05) is 11.8 Å². The van der Waals surface area contributed by atoms with E-state index in [1.165, 1.54) is 0 Å². The van der Waals surface area contributed by atoms with E-state index < -0.39 is 0 Å². The van der Waals surface area contributed by atoms with Crippen LogP contribution >= 0.6 is 0 Å². The van der Waals surface area contributed by atoms with Crippen molar-refractivity contribution in [1.29, 1.82) is 5.26 Å². The van der Waals surface area contributed by atoms with E-state index in [-0.39, 0.29) is 17.0 Å². The van der Waals surface area contributed by atoms with E-state index in [4.69, 9.17) is 0 Å². The summed E-state index contributed by atoms with van der Waals surface area (Å²) in [5, 5.41) is 9.20. The fraction of sp³-hybridized carbons (Fsp3) is 0.200. The van der Waals surface area contributed by atoms with E-state index in [9.17, 15) is 10.1 Å². The largest absolute Gasteiger partial charge is 0.328 e. The summed E-state index contributed by atoms with van der Waals surface area (Å²) in [7, 11) is 0. The minimum Gasteiger partial charge on any atom is -0.328 e. The highest BCUT2D eigenvalue weighted by atomic mass is 16.1. The molecule has 1 heterocycles. The van der Waals surface area contributed by atoms with Crippen molar-refractivity contribution in [1.82, 2.24) is 4.98 Å². The molecular formula is C15H14N2O. The van der Waals surface area contributed by atoms with Gasteiger partial charge in [-0.1, -0.05) is 44.2 Å². The number of aromatic amines is 1. The molecule has 2 rings (SSSR count). The summed E-state index contributed by atoms with van der Waals surface area (Å²) < 4.78 is 0. The van der Waals surface area contributed by atoms with E-state index in [0.717, 1.165) is 16.7 Å². The van der Waals surface area contributed by atoms with Crippen molar-refractivity contribution in [2.75, 3.05) is 0 Å². The van der Waals surface area contributed by atoms with Gasteiger partial charge in [-0.2, -0.15) is 5.26 Å². The molecular weight excluding hydrogens is 224 g/mol. The SMILES string of the molecule is CC(C)c1c[nH]c(=O)c(C#N)c1-c1ccccc1. The van der Waals surface area contributed by atoms with Crippen molar-refractivity contribution in [3.63, 3.8) is 0 Å². The third-order valence-corrected chi connectivity index (χ3v) is 2.92. The number of rotatable bonds is 2. The van der Waals surface area contributed by atoms with E-state index in [2.05, 4.69) is 4.98 Å². The third-order valence-electron chi connectivity index (χ3n) is 2.92. The Morgan fingerprint density at radius 2 is 1.89 bits per heavy atom. The lowest BCUT2D eigenvalue weighted by Crippen LogP contribution is -2.13. The van der Waals surface area contributed by atoms with Crippen LogP contribution in [0.5, 0.6) is 0 Å². The van der Waals surface area contributed by atoms with Gasteiger partial charge in [0.05, 0.1) is 0 Å². The second-order valence-electron chi connectivity index (χ2n) is 4.46. The minimum atomic E-state index is -0.333. The number of nitriles is 1. The van der Waals surface area contributed by atoms with Crippen molar-refractivity contribution < 1.29 is 0 Å². The highest BCUT2D eigenvalue weighted by Gasteiger charge is 2.16. The van der Waals surface area contributed by atoms with Crippen LogP contribution in [-0.2, 0) is 0 Å². The van der Waals surface area contributed by atoms with Crippen LogP contribution in [-0.4, -0.2) is 4.98 Å². The predicted octanol–water partition coefficient (Wildman–Crippen LogP) is 3.04. The maximum atomic E-state index is 11.7. The molecule has 0 unspecified atom stereocenters. The number of hydrogen-bond acceptors (Lipinski definition) is 2. The van der Waals surface area contributed by atoms with E-state index in [1.807, 2.05) is 50.2 Å². The van der Waals surface area contributed by atoms with Gasteiger partial charge < -0.3 is 4.98 Å². The number of pyridine rings is 1. The number of benzene rings is 1. The van der Waals surface area contributed by atoms with Crippen molar-refractivity contribution in [3.05, 3.63) is 58.0 Å². The average Bonchev–Trinajstić information content (AvgIpc) is 2.39. The van der Waals surface area contributed by atoms with E-state index in [0.29, 0.717) is 0 Å². The molecule has 0 fully saturated rings. The van der Waals surface area contributed by atoms with Gasteiger partial charge in [-0.05, 0) is 17.0 Å². The number of nitrogens with zero attached hydrogens (tertiary/aromatic N) is 1. The molecule has 0 radical (unpaired) electrons. The summed E-state index contributed by atoms with van der Waals surface area (Å²) >= 11 is 0. The number of aromatic nitrogens is 1. The van der Waals surface area contributed by atoms with Crippen LogP contribution in [0.4, 0.5) is 0 Å². The molecule has 0 aliphatic heterocycles. The second-order valence-corrected chi connectivity index (χ2v) is 4.46. The Labute approximate surface area is 106 Å². The third kappa shape index (κ3) is 2.05. The van der Waals surface area contributed by atoms with Crippen LogP contribution in [0.2, 0.25) is 0 Å². The summed E-state index contributed by atoms with van der Waals surface area (Å²) in [5.41, 5.74) is 2.49. The van der Waals surface area contributed by atoms with E-state index >= 15 is 0 Å². The van der Waals surface area contributed by atoms with Gasteiger partial charge in [-0.25, -0.2) is 0 Å². The fourth-order valence-corrected chi connectivity index (χ4v) is 2.02. The topological polar surface area (TPSA) is 56.6 Å². The molecule has 18 heavy (non-hydrogen) atoms. The lowest BCUT2D eigenvalue weighted by Gasteiger charge is -2.13. The smallest absolute Gasteiger partial charge is 0.266 e. The highest BCUT2D eigenvalue weighted by molar-refractivity contribution is 5.73. The summed E-state index contributed by atoms with van der Waals surface area (Å²) in [6.07, 6.45) is 1.70. The summed E-state index contributed by atoms with van der Waals surface area (Å²) in [6.45, 7) is 4.09. The average molecular weight is 238 g/mol. The molecule has 3 nitrogen and oxygen atoms in total.